The Bertz CT molecular complexity index is 1210. The van der Waals surface area contributed by atoms with Crippen LogP contribution in [0.4, 0.5) is 10.2 Å². The van der Waals surface area contributed by atoms with Gasteiger partial charge in [0.1, 0.15) is 12.0 Å². The van der Waals surface area contributed by atoms with Crippen LogP contribution in [0.1, 0.15) is 37.1 Å². The van der Waals surface area contributed by atoms with Crippen molar-refractivity contribution in [1.29, 1.82) is 0 Å². The minimum Gasteiger partial charge on any atom is -0.387 e. The summed E-state index contributed by atoms with van der Waals surface area (Å²) in [7, 11) is 1.65. The van der Waals surface area contributed by atoms with E-state index in [0.717, 1.165) is 10.9 Å². The number of anilines is 1. The molecule has 2 N–H and O–H groups in total. The molecular weight excluding hydrogens is 387 g/mol. The Hall–Kier alpha value is -3.13. The van der Waals surface area contributed by atoms with Gasteiger partial charge >= 0.3 is 0 Å². The standard InChI is InChI=1S/C22H23FN4O3/c1-4-19(28)17-5-11(2)15(10-24-17)13-6-12-9-25-20(8-18(12)27(3)22(13)30)26-21(29)14-7-16(14)23/h5-6,8-10,14,16,19,28H,4,7H2,1-3H3,(H,25,26,29). The van der Waals surface area contributed by atoms with Crippen LogP contribution in [0.2, 0.25) is 0 Å². The van der Waals surface area contributed by atoms with Gasteiger partial charge in [0.2, 0.25) is 5.91 Å². The third-order valence-electron chi connectivity index (χ3n) is 5.56. The summed E-state index contributed by atoms with van der Waals surface area (Å²) in [5.74, 6) is -0.726. The maximum Gasteiger partial charge on any atom is 0.258 e. The maximum atomic E-state index is 13.1. The summed E-state index contributed by atoms with van der Waals surface area (Å²) in [5.41, 5.74) is 2.96. The van der Waals surface area contributed by atoms with E-state index in [0.29, 0.717) is 28.8 Å². The Balaban J connectivity index is 1.72. The number of aliphatic hydroxyl groups is 1. The largest absolute Gasteiger partial charge is 0.387 e. The molecule has 7 nitrogen and oxygen atoms in total. The molecule has 8 heteroatoms. The number of nitrogens with zero attached hydrogens (tertiary/aromatic N) is 3. The van der Waals surface area contributed by atoms with Gasteiger partial charge in [-0.3, -0.25) is 14.6 Å². The smallest absolute Gasteiger partial charge is 0.258 e. The van der Waals surface area contributed by atoms with Crippen LogP contribution < -0.4 is 10.9 Å². The number of aromatic nitrogens is 3. The average Bonchev–Trinajstić information content (AvgIpc) is 3.47. The second-order valence-corrected chi connectivity index (χ2v) is 7.75. The van der Waals surface area contributed by atoms with Crippen molar-refractivity contribution >= 4 is 22.6 Å². The molecule has 156 valence electrons. The van der Waals surface area contributed by atoms with Crippen LogP contribution >= 0.6 is 0 Å². The normalized spacial score (nSPS) is 19.0. The molecule has 0 bridgehead atoms. The highest BCUT2D eigenvalue weighted by molar-refractivity contribution is 5.95. The molecule has 0 spiro atoms. The number of alkyl halides is 1. The van der Waals surface area contributed by atoms with E-state index in [-0.39, 0.29) is 17.8 Å². The lowest BCUT2D eigenvalue weighted by molar-refractivity contribution is -0.117. The summed E-state index contributed by atoms with van der Waals surface area (Å²) in [4.78, 5) is 33.6. The lowest BCUT2D eigenvalue weighted by Crippen LogP contribution is -2.20. The fraction of sp³-hybridized carbons (Fsp3) is 0.364. The number of hydrogen-bond donors (Lipinski definition) is 2. The number of rotatable bonds is 5. The van der Waals surface area contributed by atoms with Crippen LogP contribution in [0.25, 0.3) is 22.0 Å². The Morgan fingerprint density at radius 1 is 1.30 bits per heavy atom. The van der Waals surface area contributed by atoms with E-state index in [9.17, 15) is 19.1 Å². The molecule has 3 atom stereocenters. The minimum atomic E-state index is -1.08. The predicted molar refractivity (Wildman–Crippen MR) is 112 cm³/mol. The molecule has 0 radical (unpaired) electrons. The van der Waals surface area contributed by atoms with Crippen molar-refractivity contribution in [3.8, 4) is 11.1 Å². The number of aryl methyl sites for hydroxylation is 2. The van der Waals surface area contributed by atoms with Crippen molar-refractivity contribution < 1.29 is 14.3 Å². The van der Waals surface area contributed by atoms with Crippen LogP contribution in [0.3, 0.4) is 0 Å². The first-order chi connectivity index (χ1) is 14.3. The first kappa shape index (κ1) is 20.2. The summed E-state index contributed by atoms with van der Waals surface area (Å²) in [5, 5.41) is 13.3. The van der Waals surface area contributed by atoms with Crippen molar-refractivity contribution in [3.63, 3.8) is 0 Å². The molecule has 4 rings (SSSR count). The quantitative estimate of drug-likeness (QED) is 0.674. The Kier molecular flexibility index (Phi) is 5.11. The van der Waals surface area contributed by atoms with Crippen molar-refractivity contribution in [2.45, 2.75) is 39.0 Å². The van der Waals surface area contributed by atoms with E-state index in [1.807, 2.05) is 13.8 Å². The fourth-order valence-electron chi connectivity index (χ4n) is 3.53. The fourth-order valence-corrected chi connectivity index (χ4v) is 3.53. The summed E-state index contributed by atoms with van der Waals surface area (Å²) < 4.78 is 14.6. The third-order valence-corrected chi connectivity index (χ3v) is 5.56. The van der Waals surface area contributed by atoms with E-state index in [1.54, 1.807) is 37.6 Å². The SMILES string of the molecule is CCC(O)c1cc(C)c(-c2cc3cnc(NC(=O)C4CC4F)cc3n(C)c2=O)cn1. The van der Waals surface area contributed by atoms with Crippen LogP contribution in [0.5, 0.6) is 0 Å². The highest BCUT2D eigenvalue weighted by Crippen LogP contribution is 2.34. The van der Waals surface area contributed by atoms with Crippen LogP contribution in [0, 0.1) is 12.8 Å². The van der Waals surface area contributed by atoms with Crippen LogP contribution in [0.15, 0.2) is 35.4 Å². The lowest BCUT2D eigenvalue weighted by Gasteiger charge is -2.14. The molecule has 3 heterocycles. The number of aliphatic hydroxyl groups excluding tert-OH is 1. The van der Waals surface area contributed by atoms with E-state index >= 15 is 0 Å². The van der Waals surface area contributed by atoms with Gasteiger partial charge in [-0.15, -0.1) is 0 Å². The minimum absolute atomic E-state index is 0.217. The highest BCUT2D eigenvalue weighted by atomic mass is 19.1. The second-order valence-electron chi connectivity index (χ2n) is 7.75. The highest BCUT2D eigenvalue weighted by Gasteiger charge is 2.43. The molecule has 1 amide bonds. The van der Waals surface area contributed by atoms with Gasteiger partial charge in [-0.1, -0.05) is 6.92 Å². The molecule has 3 aromatic rings. The van der Waals surface area contributed by atoms with Crippen molar-refractivity contribution in [3.05, 3.63) is 52.2 Å². The van der Waals surface area contributed by atoms with Gasteiger partial charge in [-0.2, -0.15) is 0 Å². The molecule has 1 aliphatic rings. The molecule has 0 saturated heterocycles. The monoisotopic (exact) mass is 410 g/mol. The zero-order valence-electron chi connectivity index (χ0n) is 17.0. The summed E-state index contributed by atoms with van der Waals surface area (Å²) in [6.45, 7) is 3.75. The van der Waals surface area contributed by atoms with E-state index in [4.69, 9.17) is 0 Å². The van der Waals surface area contributed by atoms with Gasteiger partial charge in [0.15, 0.2) is 0 Å². The maximum absolute atomic E-state index is 13.1. The van der Waals surface area contributed by atoms with Crippen molar-refractivity contribution in [2.24, 2.45) is 13.0 Å². The molecule has 1 saturated carbocycles. The molecule has 1 aliphatic carbocycles. The first-order valence-electron chi connectivity index (χ1n) is 9.89. The average molecular weight is 410 g/mol. The number of hydrogen-bond acceptors (Lipinski definition) is 5. The summed E-state index contributed by atoms with van der Waals surface area (Å²) >= 11 is 0. The molecule has 3 aromatic heterocycles. The number of amides is 1. The van der Waals surface area contributed by atoms with Gasteiger partial charge in [0.25, 0.3) is 5.56 Å². The number of nitrogens with one attached hydrogen (secondary N) is 1. The van der Waals surface area contributed by atoms with E-state index in [1.165, 1.54) is 4.57 Å². The van der Waals surface area contributed by atoms with E-state index < -0.39 is 24.1 Å². The number of carbonyl (C=O) groups is 1. The topological polar surface area (TPSA) is 97.1 Å². The Morgan fingerprint density at radius 3 is 2.67 bits per heavy atom. The second kappa shape index (κ2) is 7.60. The Morgan fingerprint density at radius 2 is 2.03 bits per heavy atom. The number of pyridine rings is 3. The number of fused-ring (bicyclic) bond motifs is 1. The van der Waals surface area contributed by atoms with E-state index in [2.05, 4.69) is 15.3 Å². The molecule has 30 heavy (non-hydrogen) atoms. The van der Waals surface area contributed by atoms with Crippen molar-refractivity contribution in [1.82, 2.24) is 14.5 Å². The summed E-state index contributed by atoms with van der Waals surface area (Å²) in [6, 6.07) is 5.15. The van der Waals surface area contributed by atoms with Crippen LogP contribution in [-0.2, 0) is 11.8 Å². The molecule has 0 aliphatic heterocycles. The van der Waals surface area contributed by atoms with Crippen LogP contribution in [-0.4, -0.2) is 31.7 Å². The van der Waals surface area contributed by atoms with Gasteiger partial charge < -0.3 is 15.0 Å². The molecular formula is C22H23FN4O3. The number of halogens is 1. The van der Waals surface area contributed by atoms with Gasteiger partial charge in [0, 0.05) is 42.0 Å². The molecule has 3 unspecified atom stereocenters. The summed E-state index contributed by atoms with van der Waals surface area (Å²) in [6.07, 6.45) is 2.25. The Labute approximate surface area is 172 Å². The van der Waals surface area contributed by atoms with Gasteiger partial charge in [0.05, 0.1) is 23.2 Å². The third kappa shape index (κ3) is 3.59. The van der Waals surface area contributed by atoms with Crippen molar-refractivity contribution in [2.75, 3.05) is 5.32 Å². The lowest BCUT2D eigenvalue weighted by atomic mass is 10.0. The molecule has 0 aromatic carbocycles. The number of carbonyl (C=O) groups excluding carboxylic acids is 1. The van der Waals surface area contributed by atoms with Gasteiger partial charge in [-0.05, 0) is 37.5 Å². The predicted octanol–water partition coefficient (Wildman–Crippen LogP) is 3.04. The zero-order chi connectivity index (χ0) is 21.6. The zero-order valence-corrected chi connectivity index (χ0v) is 17.0. The molecule has 1 fully saturated rings. The first-order valence-corrected chi connectivity index (χ1v) is 9.89. The van der Waals surface area contributed by atoms with Gasteiger partial charge in [-0.25, -0.2) is 9.37 Å².